The minimum Gasteiger partial charge on any atom is -0.294 e. The van der Waals surface area contributed by atoms with Crippen LogP contribution in [0.1, 0.15) is 33.8 Å². The molecule has 0 radical (unpaired) electrons. The third kappa shape index (κ3) is 4.10. The molecular formula is C23H19FO. The molecule has 0 bridgehead atoms. The molecule has 124 valence electrons. The van der Waals surface area contributed by atoms with Gasteiger partial charge in [-0.05, 0) is 28.8 Å². The summed E-state index contributed by atoms with van der Waals surface area (Å²) in [6.45, 7) is 4.20. The molecule has 1 atom stereocenters. The fraction of sp³-hybridized carbons (Fsp3) is 0.0870. The van der Waals surface area contributed by atoms with Crippen LogP contribution in [0.25, 0.3) is 5.57 Å². The highest BCUT2D eigenvalue weighted by Crippen LogP contribution is 2.34. The Morgan fingerprint density at radius 2 is 1.36 bits per heavy atom. The number of halogens is 1. The molecular weight excluding hydrogens is 311 g/mol. The van der Waals surface area contributed by atoms with E-state index in [9.17, 15) is 9.18 Å². The van der Waals surface area contributed by atoms with Crippen LogP contribution in [0.2, 0.25) is 0 Å². The van der Waals surface area contributed by atoms with Crippen LogP contribution < -0.4 is 0 Å². The van der Waals surface area contributed by atoms with Gasteiger partial charge in [-0.3, -0.25) is 4.79 Å². The first-order chi connectivity index (χ1) is 12.1. The Morgan fingerprint density at radius 3 is 1.96 bits per heavy atom. The Morgan fingerprint density at radius 1 is 0.800 bits per heavy atom. The van der Waals surface area contributed by atoms with E-state index in [0.29, 0.717) is 12.0 Å². The smallest absolute Gasteiger partial charge is 0.163 e. The lowest BCUT2D eigenvalue weighted by Gasteiger charge is -2.20. The molecule has 0 amide bonds. The van der Waals surface area contributed by atoms with Gasteiger partial charge in [-0.1, -0.05) is 79.4 Å². The second kappa shape index (κ2) is 7.71. The molecule has 0 saturated heterocycles. The zero-order chi connectivity index (χ0) is 17.6. The maximum Gasteiger partial charge on any atom is 0.163 e. The average molecular weight is 330 g/mol. The Bertz CT molecular complexity index is 852. The lowest BCUT2D eigenvalue weighted by atomic mass is 9.83. The summed E-state index contributed by atoms with van der Waals surface area (Å²) < 4.78 is 13.2. The van der Waals surface area contributed by atoms with E-state index < -0.39 is 0 Å². The van der Waals surface area contributed by atoms with Gasteiger partial charge in [-0.15, -0.1) is 0 Å². The number of carbonyl (C=O) groups is 1. The van der Waals surface area contributed by atoms with Crippen LogP contribution in [0, 0.1) is 5.82 Å². The van der Waals surface area contributed by atoms with E-state index in [1.807, 2.05) is 60.7 Å². The monoisotopic (exact) mass is 330 g/mol. The van der Waals surface area contributed by atoms with Crippen molar-refractivity contribution in [1.82, 2.24) is 0 Å². The summed E-state index contributed by atoms with van der Waals surface area (Å²) in [6, 6.07) is 25.4. The first-order valence-corrected chi connectivity index (χ1v) is 8.23. The van der Waals surface area contributed by atoms with E-state index in [2.05, 4.69) is 6.58 Å². The largest absolute Gasteiger partial charge is 0.294 e. The highest BCUT2D eigenvalue weighted by Gasteiger charge is 2.21. The van der Waals surface area contributed by atoms with Crippen LogP contribution in [0.5, 0.6) is 0 Å². The Balaban J connectivity index is 1.91. The summed E-state index contributed by atoms with van der Waals surface area (Å²) in [7, 11) is 0. The summed E-state index contributed by atoms with van der Waals surface area (Å²) in [5.41, 5.74) is 3.38. The summed E-state index contributed by atoms with van der Waals surface area (Å²) >= 11 is 0. The van der Waals surface area contributed by atoms with Crippen LogP contribution in [-0.4, -0.2) is 5.78 Å². The van der Waals surface area contributed by atoms with Crippen molar-refractivity contribution < 1.29 is 9.18 Å². The number of allylic oxidation sites excluding steroid dienone is 1. The molecule has 0 aromatic heterocycles. The number of hydrogen-bond donors (Lipinski definition) is 0. The molecule has 3 rings (SSSR count). The van der Waals surface area contributed by atoms with Gasteiger partial charge in [-0.2, -0.15) is 0 Å². The summed E-state index contributed by atoms with van der Waals surface area (Å²) in [6.07, 6.45) is 0.324. The number of Topliss-reactive ketones (excluding diaryl/α,β-unsaturated/α-hetero) is 1. The van der Waals surface area contributed by atoms with Gasteiger partial charge in [0.05, 0.1) is 0 Å². The van der Waals surface area contributed by atoms with Crippen molar-refractivity contribution in [3.63, 3.8) is 0 Å². The maximum atomic E-state index is 13.2. The van der Waals surface area contributed by atoms with E-state index in [1.165, 1.54) is 12.1 Å². The standard InChI is InChI=1S/C23H19FO/c1-17(18-12-14-21(24)15-13-18)22(19-8-4-2-5-9-19)16-23(25)20-10-6-3-7-11-20/h2-15,22H,1,16H2. The fourth-order valence-electron chi connectivity index (χ4n) is 2.92. The number of carbonyl (C=O) groups excluding carboxylic acids is 1. The van der Waals surface area contributed by atoms with Crippen LogP contribution in [0.3, 0.4) is 0 Å². The molecule has 0 saturated carbocycles. The summed E-state index contributed by atoms with van der Waals surface area (Å²) in [5.74, 6) is -0.370. The number of benzene rings is 3. The van der Waals surface area contributed by atoms with E-state index in [0.717, 1.165) is 16.7 Å². The first-order valence-electron chi connectivity index (χ1n) is 8.23. The second-order valence-corrected chi connectivity index (χ2v) is 5.99. The fourth-order valence-corrected chi connectivity index (χ4v) is 2.92. The van der Waals surface area contributed by atoms with Crippen LogP contribution >= 0.6 is 0 Å². The normalized spacial score (nSPS) is 11.7. The van der Waals surface area contributed by atoms with Gasteiger partial charge in [0, 0.05) is 17.9 Å². The van der Waals surface area contributed by atoms with E-state index >= 15 is 0 Å². The lowest BCUT2D eigenvalue weighted by Crippen LogP contribution is -2.09. The Labute approximate surface area is 147 Å². The topological polar surface area (TPSA) is 17.1 Å². The molecule has 1 unspecified atom stereocenters. The van der Waals surface area contributed by atoms with Crippen molar-refractivity contribution in [3.8, 4) is 0 Å². The third-order valence-corrected chi connectivity index (χ3v) is 4.32. The molecule has 3 aromatic rings. The van der Waals surface area contributed by atoms with Gasteiger partial charge in [0.2, 0.25) is 0 Å². The SMILES string of the molecule is C=C(c1ccc(F)cc1)C(CC(=O)c1ccccc1)c1ccccc1. The molecule has 0 spiro atoms. The Hall–Kier alpha value is -3.00. The molecule has 0 aliphatic heterocycles. The molecule has 2 heteroatoms. The molecule has 25 heavy (non-hydrogen) atoms. The molecule has 0 fully saturated rings. The predicted octanol–water partition coefficient (Wildman–Crippen LogP) is 5.90. The van der Waals surface area contributed by atoms with Crippen LogP contribution in [0.15, 0.2) is 91.5 Å². The van der Waals surface area contributed by atoms with Gasteiger partial charge in [0.15, 0.2) is 5.78 Å². The van der Waals surface area contributed by atoms with Gasteiger partial charge >= 0.3 is 0 Å². The molecule has 0 aliphatic carbocycles. The average Bonchev–Trinajstić information content (AvgIpc) is 2.67. The van der Waals surface area contributed by atoms with Gasteiger partial charge in [-0.25, -0.2) is 4.39 Å². The minimum atomic E-state index is -0.284. The van der Waals surface area contributed by atoms with E-state index in [4.69, 9.17) is 0 Å². The van der Waals surface area contributed by atoms with Crippen molar-refractivity contribution in [2.75, 3.05) is 0 Å². The van der Waals surface area contributed by atoms with E-state index in [1.54, 1.807) is 12.1 Å². The van der Waals surface area contributed by atoms with Crippen molar-refractivity contribution >= 4 is 11.4 Å². The highest BCUT2D eigenvalue weighted by molar-refractivity contribution is 5.97. The zero-order valence-electron chi connectivity index (χ0n) is 13.9. The minimum absolute atomic E-state index is 0.0673. The Kier molecular flexibility index (Phi) is 5.20. The van der Waals surface area contributed by atoms with Crippen LogP contribution in [0.4, 0.5) is 4.39 Å². The third-order valence-electron chi connectivity index (χ3n) is 4.32. The zero-order valence-corrected chi connectivity index (χ0v) is 13.9. The van der Waals surface area contributed by atoms with E-state index in [-0.39, 0.29) is 17.5 Å². The van der Waals surface area contributed by atoms with Gasteiger partial charge in [0.25, 0.3) is 0 Å². The molecule has 0 aliphatic rings. The molecule has 0 heterocycles. The first kappa shape index (κ1) is 16.8. The lowest BCUT2D eigenvalue weighted by molar-refractivity contribution is 0.0979. The quantitative estimate of drug-likeness (QED) is 0.515. The van der Waals surface area contributed by atoms with Gasteiger partial charge < -0.3 is 0 Å². The highest BCUT2D eigenvalue weighted by atomic mass is 19.1. The van der Waals surface area contributed by atoms with Gasteiger partial charge in [0.1, 0.15) is 5.82 Å². The summed E-state index contributed by atoms with van der Waals surface area (Å²) in [4.78, 5) is 12.7. The molecule has 3 aromatic carbocycles. The molecule has 1 nitrogen and oxygen atoms in total. The number of hydrogen-bond acceptors (Lipinski definition) is 1. The van der Waals surface area contributed by atoms with Crippen LogP contribution in [-0.2, 0) is 0 Å². The van der Waals surface area contributed by atoms with Crippen molar-refractivity contribution in [2.24, 2.45) is 0 Å². The summed E-state index contributed by atoms with van der Waals surface area (Å²) in [5, 5.41) is 0. The predicted molar refractivity (Wildman–Crippen MR) is 100 cm³/mol. The number of ketones is 1. The van der Waals surface area contributed by atoms with Crippen molar-refractivity contribution in [3.05, 3.63) is 114 Å². The number of rotatable bonds is 6. The van der Waals surface area contributed by atoms with Crippen molar-refractivity contribution in [2.45, 2.75) is 12.3 Å². The molecule has 0 N–H and O–H groups in total. The maximum absolute atomic E-state index is 13.2. The van der Waals surface area contributed by atoms with Crippen molar-refractivity contribution in [1.29, 1.82) is 0 Å². The second-order valence-electron chi connectivity index (χ2n) is 5.99.